The number of carbonyl (C=O) groups excluding carboxylic acids is 1. The molecule has 8 heavy (non-hydrogen) atoms. The van der Waals surface area contributed by atoms with E-state index in [9.17, 15) is 4.79 Å². The third-order valence-electron chi connectivity index (χ3n) is 0.749. The summed E-state index contributed by atoms with van der Waals surface area (Å²) >= 11 is 1.20. The van der Waals surface area contributed by atoms with Gasteiger partial charge in [-0.25, -0.2) is 4.79 Å². The van der Waals surface area contributed by atoms with Crippen molar-refractivity contribution < 1.29 is 4.79 Å². The SMILES string of the molecule is NC(=O)N1CC=[C]S1. The van der Waals surface area contributed by atoms with Crippen LogP contribution in [0.25, 0.3) is 0 Å². The zero-order chi connectivity index (χ0) is 5.98. The predicted molar refractivity (Wildman–Crippen MR) is 31.7 cm³/mol. The molecule has 0 saturated carbocycles. The van der Waals surface area contributed by atoms with Crippen molar-refractivity contribution in [2.24, 2.45) is 5.73 Å². The van der Waals surface area contributed by atoms with Crippen molar-refractivity contribution in [2.75, 3.05) is 6.54 Å². The molecule has 1 rings (SSSR count). The zero-order valence-corrected chi connectivity index (χ0v) is 4.94. The molecule has 0 bridgehead atoms. The highest BCUT2D eigenvalue weighted by atomic mass is 32.2. The van der Waals surface area contributed by atoms with E-state index in [1.54, 1.807) is 6.08 Å². The fraction of sp³-hybridized carbons (Fsp3) is 0.250. The highest BCUT2D eigenvalue weighted by molar-refractivity contribution is 7.99. The van der Waals surface area contributed by atoms with Crippen LogP contribution in [0.15, 0.2) is 6.08 Å². The first-order valence-electron chi connectivity index (χ1n) is 2.12. The van der Waals surface area contributed by atoms with Gasteiger partial charge < -0.3 is 5.73 Å². The van der Waals surface area contributed by atoms with Crippen molar-refractivity contribution >= 4 is 18.0 Å². The van der Waals surface area contributed by atoms with E-state index < -0.39 is 6.03 Å². The summed E-state index contributed by atoms with van der Waals surface area (Å²) < 4.78 is 1.42. The molecule has 0 saturated heterocycles. The number of hydrogen-bond acceptors (Lipinski definition) is 2. The average molecular weight is 129 g/mol. The van der Waals surface area contributed by atoms with Crippen molar-refractivity contribution in [3.63, 3.8) is 0 Å². The molecule has 0 fully saturated rings. The number of urea groups is 1. The molecule has 0 aromatic carbocycles. The largest absolute Gasteiger partial charge is 0.351 e. The van der Waals surface area contributed by atoms with Gasteiger partial charge in [0.2, 0.25) is 0 Å². The Morgan fingerprint density at radius 2 is 2.75 bits per heavy atom. The van der Waals surface area contributed by atoms with Gasteiger partial charge in [-0.05, 0) is 18.0 Å². The molecule has 2 N–H and O–H groups in total. The molecular formula is C4H5N2OS. The van der Waals surface area contributed by atoms with Crippen molar-refractivity contribution in [3.05, 3.63) is 11.5 Å². The molecule has 2 amide bonds. The Kier molecular flexibility index (Phi) is 1.43. The van der Waals surface area contributed by atoms with Gasteiger partial charge in [-0.3, -0.25) is 4.31 Å². The summed E-state index contributed by atoms with van der Waals surface area (Å²) in [6.45, 7) is 0.583. The van der Waals surface area contributed by atoms with Gasteiger partial charge in [0, 0.05) is 5.41 Å². The van der Waals surface area contributed by atoms with Gasteiger partial charge in [-0.15, -0.1) is 0 Å². The maximum atomic E-state index is 10.3. The van der Waals surface area contributed by atoms with Crippen molar-refractivity contribution in [1.29, 1.82) is 0 Å². The highest BCUT2D eigenvalue weighted by Crippen LogP contribution is 2.15. The molecule has 0 spiro atoms. The lowest BCUT2D eigenvalue weighted by molar-refractivity contribution is 0.237. The molecule has 1 radical (unpaired) electrons. The maximum absolute atomic E-state index is 10.3. The van der Waals surface area contributed by atoms with Crippen LogP contribution < -0.4 is 5.73 Å². The summed E-state index contributed by atoms with van der Waals surface area (Å²) in [5, 5.41) is 2.77. The Bertz CT molecular complexity index is 126. The van der Waals surface area contributed by atoms with E-state index >= 15 is 0 Å². The molecule has 3 nitrogen and oxygen atoms in total. The third-order valence-corrected chi connectivity index (χ3v) is 1.57. The van der Waals surface area contributed by atoms with E-state index in [4.69, 9.17) is 5.73 Å². The summed E-state index contributed by atoms with van der Waals surface area (Å²) in [5.41, 5.74) is 4.90. The topological polar surface area (TPSA) is 46.3 Å². The van der Waals surface area contributed by atoms with Gasteiger partial charge in [0.05, 0.1) is 6.54 Å². The number of nitrogens with two attached hydrogens (primary N) is 1. The maximum Gasteiger partial charge on any atom is 0.325 e. The van der Waals surface area contributed by atoms with Gasteiger partial charge in [0.25, 0.3) is 0 Å². The molecule has 0 aromatic rings. The van der Waals surface area contributed by atoms with Gasteiger partial charge in [0.15, 0.2) is 0 Å². The van der Waals surface area contributed by atoms with Crippen LogP contribution in [-0.2, 0) is 0 Å². The summed E-state index contributed by atoms with van der Waals surface area (Å²) in [4.78, 5) is 10.3. The number of nitrogens with zero attached hydrogens (tertiary/aromatic N) is 1. The van der Waals surface area contributed by atoms with E-state index in [0.29, 0.717) is 6.54 Å². The zero-order valence-electron chi connectivity index (χ0n) is 4.13. The fourth-order valence-corrected chi connectivity index (χ4v) is 0.909. The minimum Gasteiger partial charge on any atom is -0.351 e. The standard InChI is InChI=1S/C4H5N2OS/c5-4(7)6-2-1-3-8-6/h1H,2H2,(H2,5,7). The van der Waals surface area contributed by atoms with Gasteiger partial charge >= 0.3 is 6.03 Å². The van der Waals surface area contributed by atoms with Crippen LogP contribution in [0.5, 0.6) is 0 Å². The molecule has 1 aliphatic rings. The minimum atomic E-state index is -0.406. The van der Waals surface area contributed by atoms with E-state index in [-0.39, 0.29) is 0 Å². The number of carbonyl (C=O) groups is 1. The summed E-state index contributed by atoms with van der Waals surface area (Å²) in [5.74, 6) is 0. The molecule has 0 atom stereocenters. The van der Waals surface area contributed by atoms with Crippen molar-refractivity contribution in [2.45, 2.75) is 0 Å². The Hall–Kier alpha value is -0.640. The van der Waals surface area contributed by atoms with Crippen LogP contribution in [0.3, 0.4) is 0 Å². The Balaban J connectivity index is 2.41. The number of primary amides is 1. The lowest BCUT2D eigenvalue weighted by Gasteiger charge is -2.07. The smallest absolute Gasteiger partial charge is 0.325 e. The van der Waals surface area contributed by atoms with Gasteiger partial charge in [0.1, 0.15) is 0 Å². The molecule has 1 heterocycles. The Morgan fingerprint density at radius 3 is 3.00 bits per heavy atom. The minimum absolute atomic E-state index is 0.406. The normalized spacial score (nSPS) is 17.2. The molecule has 0 aromatic heterocycles. The molecule has 4 heteroatoms. The second-order valence-corrected chi connectivity index (χ2v) is 2.17. The van der Waals surface area contributed by atoms with Crippen LogP contribution >= 0.6 is 11.9 Å². The molecular weight excluding hydrogens is 124 g/mol. The van der Waals surface area contributed by atoms with Crippen LogP contribution in [0.4, 0.5) is 4.79 Å². The second kappa shape index (κ2) is 2.09. The average Bonchev–Trinajstić information content (AvgIpc) is 2.12. The number of amides is 2. The first-order valence-corrected chi connectivity index (χ1v) is 2.89. The monoisotopic (exact) mass is 129 g/mol. The lowest BCUT2D eigenvalue weighted by atomic mass is 10.6. The van der Waals surface area contributed by atoms with Crippen LogP contribution in [0.2, 0.25) is 0 Å². The molecule has 1 aliphatic heterocycles. The number of hydrogen-bond donors (Lipinski definition) is 1. The van der Waals surface area contributed by atoms with Crippen molar-refractivity contribution in [3.8, 4) is 0 Å². The van der Waals surface area contributed by atoms with Crippen LogP contribution in [-0.4, -0.2) is 16.9 Å². The fourth-order valence-electron chi connectivity index (χ4n) is 0.393. The first-order chi connectivity index (χ1) is 3.80. The summed E-state index contributed by atoms with van der Waals surface area (Å²) in [6.07, 6.45) is 1.76. The first kappa shape index (κ1) is 5.50. The Labute approximate surface area is 51.7 Å². The van der Waals surface area contributed by atoms with Crippen LogP contribution in [0.1, 0.15) is 0 Å². The van der Waals surface area contributed by atoms with Gasteiger partial charge in [-0.1, -0.05) is 0 Å². The third kappa shape index (κ3) is 0.949. The second-order valence-electron chi connectivity index (χ2n) is 1.31. The van der Waals surface area contributed by atoms with E-state index in [1.807, 2.05) is 0 Å². The van der Waals surface area contributed by atoms with Gasteiger partial charge in [-0.2, -0.15) is 0 Å². The molecule has 0 aliphatic carbocycles. The molecule has 43 valence electrons. The van der Waals surface area contributed by atoms with Crippen LogP contribution in [0, 0.1) is 5.41 Å². The van der Waals surface area contributed by atoms with E-state index in [0.717, 1.165) is 0 Å². The summed E-state index contributed by atoms with van der Waals surface area (Å²) in [7, 11) is 0. The molecule has 0 unspecified atom stereocenters. The quantitative estimate of drug-likeness (QED) is 0.479. The lowest BCUT2D eigenvalue weighted by Crippen LogP contribution is -2.27. The highest BCUT2D eigenvalue weighted by Gasteiger charge is 2.10. The summed E-state index contributed by atoms with van der Waals surface area (Å²) in [6, 6.07) is -0.406. The Morgan fingerprint density at radius 1 is 2.00 bits per heavy atom. The van der Waals surface area contributed by atoms with Crippen molar-refractivity contribution in [1.82, 2.24) is 4.31 Å². The van der Waals surface area contributed by atoms with E-state index in [2.05, 4.69) is 5.41 Å². The predicted octanol–water partition coefficient (Wildman–Crippen LogP) is 0.346. The van der Waals surface area contributed by atoms with E-state index in [1.165, 1.54) is 16.3 Å². The number of rotatable bonds is 0.